The van der Waals surface area contributed by atoms with E-state index in [1.807, 2.05) is 12.1 Å². The Labute approximate surface area is 138 Å². The SMILES string of the molecule is COc1ccc(-c2nnc([C@H](C)OC(=O)c3cnn(C)c3)o2)cc1. The van der Waals surface area contributed by atoms with Crippen molar-refractivity contribution in [1.29, 1.82) is 0 Å². The van der Waals surface area contributed by atoms with Crippen LogP contribution in [0, 0.1) is 0 Å². The molecule has 3 rings (SSSR count). The zero-order valence-electron chi connectivity index (χ0n) is 13.5. The summed E-state index contributed by atoms with van der Waals surface area (Å²) in [6, 6.07) is 7.21. The van der Waals surface area contributed by atoms with Crippen LogP contribution in [0.3, 0.4) is 0 Å². The highest BCUT2D eigenvalue weighted by molar-refractivity contribution is 5.88. The largest absolute Gasteiger partial charge is 0.497 e. The molecule has 0 spiro atoms. The van der Waals surface area contributed by atoms with Gasteiger partial charge in [-0.05, 0) is 31.2 Å². The van der Waals surface area contributed by atoms with E-state index in [2.05, 4.69) is 15.3 Å². The minimum Gasteiger partial charge on any atom is -0.497 e. The molecule has 1 aromatic carbocycles. The van der Waals surface area contributed by atoms with Gasteiger partial charge in [0.05, 0.1) is 18.9 Å². The highest BCUT2D eigenvalue weighted by Gasteiger charge is 2.20. The summed E-state index contributed by atoms with van der Waals surface area (Å²) in [5.74, 6) is 0.798. The molecule has 0 aliphatic rings. The van der Waals surface area contributed by atoms with E-state index in [0.717, 1.165) is 11.3 Å². The van der Waals surface area contributed by atoms with Crippen molar-refractivity contribution in [3.63, 3.8) is 0 Å². The maximum absolute atomic E-state index is 12.0. The van der Waals surface area contributed by atoms with Gasteiger partial charge in [-0.2, -0.15) is 5.10 Å². The number of rotatable bonds is 5. The Morgan fingerprint density at radius 1 is 1.25 bits per heavy atom. The molecule has 0 N–H and O–H groups in total. The molecule has 0 saturated carbocycles. The van der Waals surface area contributed by atoms with Crippen molar-refractivity contribution in [2.45, 2.75) is 13.0 Å². The van der Waals surface area contributed by atoms with E-state index in [1.54, 1.807) is 39.4 Å². The third-order valence-electron chi connectivity index (χ3n) is 3.35. The van der Waals surface area contributed by atoms with Crippen LogP contribution in [-0.2, 0) is 11.8 Å². The minimum absolute atomic E-state index is 0.220. The zero-order valence-corrected chi connectivity index (χ0v) is 13.5. The molecular formula is C16H16N4O4. The first-order valence-electron chi connectivity index (χ1n) is 7.24. The molecule has 8 nitrogen and oxygen atoms in total. The summed E-state index contributed by atoms with van der Waals surface area (Å²) in [4.78, 5) is 12.0. The molecule has 2 aromatic heterocycles. The number of carbonyl (C=O) groups is 1. The van der Waals surface area contributed by atoms with Crippen molar-refractivity contribution in [3.05, 3.63) is 48.1 Å². The topological polar surface area (TPSA) is 92.3 Å². The average molecular weight is 328 g/mol. The van der Waals surface area contributed by atoms with Gasteiger partial charge in [0, 0.05) is 18.8 Å². The van der Waals surface area contributed by atoms with Gasteiger partial charge in [0.15, 0.2) is 6.10 Å². The van der Waals surface area contributed by atoms with E-state index in [-0.39, 0.29) is 5.89 Å². The van der Waals surface area contributed by atoms with Gasteiger partial charge in [-0.1, -0.05) is 0 Å². The van der Waals surface area contributed by atoms with Crippen LogP contribution in [0.2, 0.25) is 0 Å². The van der Waals surface area contributed by atoms with Crippen molar-refractivity contribution >= 4 is 5.97 Å². The summed E-state index contributed by atoms with van der Waals surface area (Å²) in [5.41, 5.74) is 1.11. The average Bonchev–Trinajstić information content (AvgIpc) is 3.24. The van der Waals surface area contributed by atoms with E-state index >= 15 is 0 Å². The molecule has 24 heavy (non-hydrogen) atoms. The normalized spacial score (nSPS) is 12.0. The Kier molecular flexibility index (Phi) is 4.28. The van der Waals surface area contributed by atoms with Crippen molar-refractivity contribution in [1.82, 2.24) is 20.0 Å². The maximum atomic E-state index is 12.0. The molecule has 0 unspecified atom stereocenters. The summed E-state index contributed by atoms with van der Waals surface area (Å²) in [5, 5.41) is 11.9. The highest BCUT2D eigenvalue weighted by Crippen LogP contribution is 2.24. The van der Waals surface area contributed by atoms with Crippen LogP contribution < -0.4 is 4.74 Å². The Hall–Kier alpha value is -3.16. The van der Waals surface area contributed by atoms with Crippen LogP contribution in [0.15, 0.2) is 41.1 Å². The molecule has 0 bridgehead atoms. The fourth-order valence-electron chi connectivity index (χ4n) is 2.05. The number of aromatic nitrogens is 4. The number of hydrogen-bond donors (Lipinski definition) is 0. The van der Waals surface area contributed by atoms with Crippen LogP contribution in [0.4, 0.5) is 0 Å². The molecule has 3 aromatic rings. The lowest BCUT2D eigenvalue weighted by molar-refractivity contribution is 0.0280. The Morgan fingerprint density at radius 2 is 2.00 bits per heavy atom. The van der Waals surface area contributed by atoms with Gasteiger partial charge in [-0.15, -0.1) is 10.2 Å². The molecule has 0 fully saturated rings. The molecule has 0 aliphatic carbocycles. The Morgan fingerprint density at radius 3 is 2.62 bits per heavy atom. The van der Waals surface area contributed by atoms with Crippen molar-refractivity contribution in [3.8, 4) is 17.2 Å². The number of carbonyl (C=O) groups excluding carboxylic acids is 1. The lowest BCUT2D eigenvalue weighted by Gasteiger charge is -2.07. The van der Waals surface area contributed by atoms with Gasteiger partial charge in [0.1, 0.15) is 5.75 Å². The Balaban J connectivity index is 1.71. The second-order valence-electron chi connectivity index (χ2n) is 5.12. The Bertz CT molecular complexity index is 838. The number of aryl methyl sites for hydroxylation is 1. The van der Waals surface area contributed by atoms with Gasteiger partial charge in [0.2, 0.25) is 5.89 Å². The number of hydrogen-bond acceptors (Lipinski definition) is 7. The molecule has 0 amide bonds. The van der Waals surface area contributed by atoms with Gasteiger partial charge in [-0.25, -0.2) is 4.79 Å². The van der Waals surface area contributed by atoms with E-state index in [1.165, 1.54) is 10.9 Å². The first kappa shape index (κ1) is 15.7. The fraction of sp³-hybridized carbons (Fsp3) is 0.250. The number of benzene rings is 1. The molecule has 0 radical (unpaired) electrons. The van der Waals surface area contributed by atoms with E-state index < -0.39 is 12.1 Å². The fourth-order valence-corrected chi connectivity index (χ4v) is 2.05. The maximum Gasteiger partial charge on any atom is 0.342 e. The standard InChI is InChI=1S/C16H16N4O4/c1-10(23-16(21)12-8-17-20(2)9-12)14-18-19-15(24-14)11-4-6-13(22-3)7-5-11/h4-10H,1-3H3/t10-/m0/s1. The minimum atomic E-state index is -0.669. The molecular weight excluding hydrogens is 312 g/mol. The van der Waals surface area contributed by atoms with Crippen LogP contribution in [0.25, 0.3) is 11.5 Å². The van der Waals surface area contributed by atoms with Crippen LogP contribution in [0.1, 0.15) is 29.3 Å². The van der Waals surface area contributed by atoms with E-state index in [9.17, 15) is 4.79 Å². The van der Waals surface area contributed by atoms with Gasteiger partial charge in [-0.3, -0.25) is 4.68 Å². The summed E-state index contributed by atoms with van der Waals surface area (Å²) in [6.45, 7) is 1.67. The molecule has 0 aliphatic heterocycles. The van der Waals surface area contributed by atoms with Crippen molar-refractivity contribution < 1.29 is 18.7 Å². The summed E-state index contributed by atoms with van der Waals surface area (Å²) in [6.07, 6.45) is 2.34. The van der Waals surface area contributed by atoms with E-state index in [0.29, 0.717) is 11.5 Å². The lowest BCUT2D eigenvalue weighted by Crippen LogP contribution is -2.09. The second kappa shape index (κ2) is 6.53. The van der Waals surface area contributed by atoms with Crippen LogP contribution in [0.5, 0.6) is 5.75 Å². The second-order valence-corrected chi connectivity index (χ2v) is 5.12. The smallest absolute Gasteiger partial charge is 0.342 e. The third kappa shape index (κ3) is 3.27. The number of esters is 1. The first-order chi connectivity index (χ1) is 11.6. The number of ether oxygens (including phenoxy) is 2. The predicted octanol–water partition coefficient (Wildman–Crippen LogP) is 2.40. The van der Waals surface area contributed by atoms with Gasteiger partial charge in [0.25, 0.3) is 5.89 Å². The van der Waals surface area contributed by atoms with Gasteiger partial charge >= 0.3 is 5.97 Å². The first-order valence-corrected chi connectivity index (χ1v) is 7.24. The van der Waals surface area contributed by atoms with E-state index in [4.69, 9.17) is 13.9 Å². The van der Waals surface area contributed by atoms with Crippen molar-refractivity contribution in [2.75, 3.05) is 7.11 Å². The molecule has 124 valence electrons. The molecule has 0 saturated heterocycles. The molecule has 8 heteroatoms. The lowest BCUT2D eigenvalue weighted by atomic mass is 10.2. The predicted molar refractivity (Wildman–Crippen MR) is 83.3 cm³/mol. The number of nitrogens with zero attached hydrogens (tertiary/aromatic N) is 4. The zero-order chi connectivity index (χ0) is 17.1. The number of methoxy groups -OCH3 is 1. The van der Waals surface area contributed by atoms with Crippen LogP contribution >= 0.6 is 0 Å². The molecule has 2 heterocycles. The molecule has 1 atom stereocenters. The summed E-state index contributed by atoms with van der Waals surface area (Å²) < 4.78 is 17.5. The van der Waals surface area contributed by atoms with Crippen LogP contribution in [-0.4, -0.2) is 33.1 Å². The summed E-state index contributed by atoms with van der Waals surface area (Å²) in [7, 11) is 3.32. The third-order valence-corrected chi connectivity index (χ3v) is 3.35. The summed E-state index contributed by atoms with van der Waals surface area (Å²) >= 11 is 0. The van der Waals surface area contributed by atoms with Crippen molar-refractivity contribution in [2.24, 2.45) is 7.05 Å². The van der Waals surface area contributed by atoms with Gasteiger partial charge < -0.3 is 13.9 Å². The quantitative estimate of drug-likeness (QED) is 0.664. The monoisotopic (exact) mass is 328 g/mol. The highest BCUT2D eigenvalue weighted by atomic mass is 16.6.